The molecule has 1 unspecified atom stereocenters. The second kappa shape index (κ2) is 9.05. The first-order valence-electron chi connectivity index (χ1n) is 12.0. The zero-order chi connectivity index (χ0) is 24.7. The number of nitrogens with one attached hydrogen (secondary N) is 1. The molecule has 35 heavy (non-hydrogen) atoms. The maximum absolute atomic E-state index is 11.3. The SMILES string of the molecule is CCC(C)n1ncc2nc(N3CCN(C(=O)O)CC3)nc(N[C@H](C)c3cn4ccc(C)cc4n3)c21. The van der Waals surface area contributed by atoms with Crippen LogP contribution in [0.4, 0.5) is 16.6 Å². The number of pyridine rings is 1. The van der Waals surface area contributed by atoms with E-state index < -0.39 is 6.09 Å². The van der Waals surface area contributed by atoms with Gasteiger partial charge < -0.3 is 24.6 Å². The molecule has 5 rings (SSSR count). The average Bonchev–Trinajstić information content (AvgIpc) is 3.48. The van der Waals surface area contributed by atoms with E-state index in [2.05, 4.69) is 50.2 Å². The van der Waals surface area contributed by atoms with E-state index in [0.717, 1.165) is 34.4 Å². The van der Waals surface area contributed by atoms with Crippen LogP contribution in [-0.4, -0.2) is 71.4 Å². The van der Waals surface area contributed by atoms with Crippen molar-refractivity contribution in [3.63, 3.8) is 0 Å². The Hall–Kier alpha value is -3.89. The van der Waals surface area contributed by atoms with E-state index in [-0.39, 0.29) is 12.1 Å². The van der Waals surface area contributed by atoms with Gasteiger partial charge in [-0.15, -0.1) is 0 Å². The molecule has 2 N–H and O–H groups in total. The molecule has 4 aromatic rings. The standard InChI is InChI=1S/C24H31N9O2/c1-5-16(3)33-21-18(13-25-33)28-23(30-8-10-31(11-9-30)24(34)35)29-22(21)26-17(4)19-14-32-7-6-15(2)12-20(32)27-19/h6-7,12-14,16-17H,5,8-11H2,1-4H3,(H,34,35)(H,26,28,29)/t16?,17-/m1/s1. The highest BCUT2D eigenvalue weighted by molar-refractivity contribution is 5.87. The zero-order valence-corrected chi connectivity index (χ0v) is 20.5. The number of amides is 1. The Bertz CT molecular complexity index is 1370. The van der Waals surface area contributed by atoms with Crippen LogP contribution in [0, 0.1) is 6.92 Å². The molecule has 1 fully saturated rings. The van der Waals surface area contributed by atoms with Gasteiger partial charge in [0.05, 0.1) is 17.9 Å². The lowest BCUT2D eigenvalue weighted by atomic mass is 10.2. The molecule has 1 saturated heterocycles. The van der Waals surface area contributed by atoms with Crippen molar-refractivity contribution in [2.75, 3.05) is 36.4 Å². The lowest BCUT2D eigenvalue weighted by Crippen LogP contribution is -2.48. The Labute approximate surface area is 203 Å². The van der Waals surface area contributed by atoms with Crippen molar-refractivity contribution in [2.45, 2.75) is 46.2 Å². The molecule has 0 spiro atoms. The van der Waals surface area contributed by atoms with E-state index in [1.807, 2.05) is 26.4 Å². The smallest absolute Gasteiger partial charge is 0.407 e. The minimum Gasteiger partial charge on any atom is -0.465 e. The molecule has 11 heteroatoms. The lowest BCUT2D eigenvalue weighted by Gasteiger charge is -2.33. The van der Waals surface area contributed by atoms with Crippen LogP contribution >= 0.6 is 0 Å². The van der Waals surface area contributed by atoms with E-state index in [9.17, 15) is 9.90 Å². The fraction of sp³-hybridized carbons (Fsp3) is 0.458. The third-order valence-electron chi connectivity index (χ3n) is 6.71. The number of carbonyl (C=O) groups is 1. The summed E-state index contributed by atoms with van der Waals surface area (Å²) in [7, 11) is 0. The number of imidazole rings is 1. The van der Waals surface area contributed by atoms with Gasteiger partial charge in [-0.25, -0.2) is 14.8 Å². The summed E-state index contributed by atoms with van der Waals surface area (Å²) in [6.07, 6.45) is 5.86. The monoisotopic (exact) mass is 477 g/mol. The van der Waals surface area contributed by atoms with Crippen LogP contribution in [0.3, 0.4) is 0 Å². The van der Waals surface area contributed by atoms with Crippen molar-refractivity contribution in [3.8, 4) is 0 Å². The molecule has 0 aromatic carbocycles. The third kappa shape index (κ3) is 4.33. The molecule has 0 bridgehead atoms. The maximum atomic E-state index is 11.3. The molecule has 0 saturated carbocycles. The van der Waals surface area contributed by atoms with Gasteiger partial charge >= 0.3 is 6.09 Å². The van der Waals surface area contributed by atoms with Gasteiger partial charge in [-0.1, -0.05) is 6.92 Å². The topological polar surface area (TPSA) is 117 Å². The van der Waals surface area contributed by atoms with Gasteiger partial charge in [0.1, 0.15) is 16.7 Å². The molecular weight excluding hydrogens is 446 g/mol. The van der Waals surface area contributed by atoms with E-state index in [0.29, 0.717) is 37.9 Å². The van der Waals surface area contributed by atoms with Gasteiger partial charge in [0.15, 0.2) is 5.82 Å². The van der Waals surface area contributed by atoms with Gasteiger partial charge in [-0.05, 0) is 44.9 Å². The predicted molar refractivity (Wildman–Crippen MR) is 134 cm³/mol. The maximum Gasteiger partial charge on any atom is 0.407 e. The molecule has 0 aliphatic carbocycles. The number of aryl methyl sites for hydroxylation is 1. The Morgan fingerprint density at radius 3 is 2.66 bits per heavy atom. The Balaban J connectivity index is 1.51. The minimum absolute atomic E-state index is 0.106. The van der Waals surface area contributed by atoms with Gasteiger partial charge in [-0.2, -0.15) is 10.1 Å². The van der Waals surface area contributed by atoms with E-state index in [1.54, 1.807) is 6.20 Å². The fourth-order valence-corrected chi connectivity index (χ4v) is 4.39. The summed E-state index contributed by atoms with van der Waals surface area (Å²) in [6, 6.07) is 4.21. The lowest BCUT2D eigenvalue weighted by molar-refractivity contribution is 0.142. The number of nitrogens with zero attached hydrogens (tertiary/aromatic N) is 8. The first-order chi connectivity index (χ1) is 16.8. The van der Waals surface area contributed by atoms with Crippen molar-refractivity contribution in [3.05, 3.63) is 42.0 Å². The summed E-state index contributed by atoms with van der Waals surface area (Å²) in [6.45, 7) is 10.3. The largest absolute Gasteiger partial charge is 0.465 e. The van der Waals surface area contributed by atoms with Crippen LogP contribution in [0.1, 0.15) is 50.5 Å². The highest BCUT2D eigenvalue weighted by atomic mass is 16.4. The van der Waals surface area contributed by atoms with Gasteiger partial charge in [0, 0.05) is 44.6 Å². The number of anilines is 2. The summed E-state index contributed by atoms with van der Waals surface area (Å²) >= 11 is 0. The van der Waals surface area contributed by atoms with Crippen LogP contribution in [0.5, 0.6) is 0 Å². The Kier molecular flexibility index (Phi) is 5.91. The van der Waals surface area contributed by atoms with E-state index in [4.69, 9.17) is 15.0 Å². The highest BCUT2D eigenvalue weighted by Gasteiger charge is 2.25. The number of piperazine rings is 1. The molecule has 1 aliphatic heterocycles. The molecule has 4 aromatic heterocycles. The molecule has 2 atom stereocenters. The number of carboxylic acid groups (broad SMARTS) is 1. The Morgan fingerprint density at radius 1 is 1.17 bits per heavy atom. The summed E-state index contributed by atoms with van der Waals surface area (Å²) in [5.74, 6) is 1.27. The normalized spacial score (nSPS) is 16.1. The molecule has 0 radical (unpaired) electrons. The summed E-state index contributed by atoms with van der Waals surface area (Å²) < 4.78 is 4.00. The number of hydrogen-bond donors (Lipinski definition) is 2. The summed E-state index contributed by atoms with van der Waals surface area (Å²) in [5.41, 5.74) is 4.60. The van der Waals surface area contributed by atoms with Crippen molar-refractivity contribution in [1.82, 2.24) is 34.0 Å². The van der Waals surface area contributed by atoms with Crippen molar-refractivity contribution in [1.29, 1.82) is 0 Å². The van der Waals surface area contributed by atoms with Crippen LogP contribution in [0.25, 0.3) is 16.7 Å². The van der Waals surface area contributed by atoms with E-state index in [1.165, 1.54) is 4.90 Å². The van der Waals surface area contributed by atoms with Crippen molar-refractivity contribution < 1.29 is 9.90 Å². The summed E-state index contributed by atoms with van der Waals surface area (Å²) in [5, 5.41) is 17.5. The first kappa shape index (κ1) is 22.9. The minimum atomic E-state index is -0.894. The van der Waals surface area contributed by atoms with Crippen molar-refractivity contribution >= 4 is 34.5 Å². The number of hydrogen-bond acceptors (Lipinski definition) is 7. The van der Waals surface area contributed by atoms with Crippen LogP contribution in [-0.2, 0) is 0 Å². The Morgan fingerprint density at radius 2 is 1.94 bits per heavy atom. The molecular formula is C24H31N9O2. The van der Waals surface area contributed by atoms with Crippen LogP contribution in [0.15, 0.2) is 30.7 Å². The molecule has 5 heterocycles. The van der Waals surface area contributed by atoms with Crippen LogP contribution < -0.4 is 10.2 Å². The van der Waals surface area contributed by atoms with E-state index >= 15 is 0 Å². The third-order valence-corrected chi connectivity index (χ3v) is 6.71. The predicted octanol–water partition coefficient (Wildman–Crippen LogP) is 3.73. The van der Waals surface area contributed by atoms with Crippen molar-refractivity contribution in [2.24, 2.45) is 0 Å². The average molecular weight is 478 g/mol. The number of rotatable bonds is 6. The van der Waals surface area contributed by atoms with Gasteiger partial charge in [0.2, 0.25) is 5.95 Å². The molecule has 1 aliphatic rings. The number of aromatic nitrogens is 6. The van der Waals surface area contributed by atoms with Gasteiger partial charge in [0.25, 0.3) is 0 Å². The number of fused-ring (bicyclic) bond motifs is 2. The second-order valence-electron chi connectivity index (χ2n) is 9.21. The molecule has 1 amide bonds. The molecule has 184 valence electrons. The quantitative estimate of drug-likeness (QED) is 0.432. The van der Waals surface area contributed by atoms with Crippen LogP contribution in [0.2, 0.25) is 0 Å². The second-order valence-corrected chi connectivity index (χ2v) is 9.21. The first-order valence-corrected chi connectivity index (χ1v) is 12.0. The summed E-state index contributed by atoms with van der Waals surface area (Å²) in [4.78, 5) is 29.3. The fourth-order valence-electron chi connectivity index (χ4n) is 4.39. The highest BCUT2D eigenvalue weighted by Crippen LogP contribution is 2.30. The zero-order valence-electron chi connectivity index (χ0n) is 20.5. The molecule has 11 nitrogen and oxygen atoms in total. The van der Waals surface area contributed by atoms with Gasteiger partial charge in [-0.3, -0.25) is 4.68 Å².